The van der Waals surface area contributed by atoms with E-state index in [1.165, 1.54) is 12.3 Å². The fourth-order valence-electron chi connectivity index (χ4n) is 1.33. The van der Waals surface area contributed by atoms with Crippen LogP contribution in [0.15, 0.2) is 35.4 Å². The first kappa shape index (κ1) is 13.5. The van der Waals surface area contributed by atoms with Crippen LogP contribution in [0.3, 0.4) is 0 Å². The highest BCUT2D eigenvalue weighted by atomic mass is 35.5. The normalized spacial score (nSPS) is 11.3. The van der Waals surface area contributed by atoms with Crippen LogP contribution in [-0.4, -0.2) is 18.4 Å². The average molecular weight is 303 g/mol. The van der Waals surface area contributed by atoms with E-state index in [-0.39, 0.29) is 21.7 Å². The van der Waals surface area contributed by atoms with Crippen molar-refractivity contribution < 1.29 is 12.8 Å². The van der Waals surface area contributed by atoms with Gasteiger partial charge in [-0.3, -0.25) is 0 Å². The number of nitrogens with one attached hydrogen (secondary N) is 1. The van der Waals surface area contributed by atoms with Gasteiger partial charge in [0, 0.05) is 6.20 Å². The zero-order valence-electron chi connectivity index (χ0n) is 9.34. The topological polar surface area (TPSA) is 98.0 Å². The molecule has 0 saturated heterocycles. The number of nitrogens with zero attached hydrogens (tertiary/aromatic N) is 2. The van der Waals surface area contributed by atoms with E-state index in [2.05, 4.69) is 14.7 Å². The molecule has 2 rings (SSSR count). The van der Waals surface area contributed by atoms with Crippen molar-refractivity contribution in [3.63, 3.8) is 0 Å². The molecular weight excluding hydrogens is 295 g/mol. The molecule has 0 amide bonds. The number of hydrogen-bond donors (Lipinski definition) is 2. The van der Waals surface area contributed by atoms with Gasteiger partial charge in [-0.2, -0.15) is 0 Å². The van der Waals surface area contributed by atoms with Gasteiger partial charge in [0.05, 0.1) is 5.69 Å². The summed E-state index contributed by atoms with van der Waals surface area (Å²) in [4.78, 5) is 7.11. The summed E-state index contributed by atoms with van der Waals surface area (Å²) in [6.07, 6.45) is 1.29. The molecule has 0 aliphatic heterocycles. The van der Waals surface area contributed by atoms with Gasteiger partial charge in [-0.05, 0) is 24.3 Å². The maximum absolute atomic E-state index is 12.9. The Morgan fingerprint density at radius 2 is 2.05 bits per heavy atom. The van der Waals surface area contributed by atoms with Gasteiger partial charge in [0.15, 0.2) is 0 Å². The summed E-state index contributed by atoms with van der Waals surface area (Å²) in [6, 6.07) is 4.35. The van der Waals surface area contributed by atoms with Crippen LogP contribution in [0.2, 0.25) is 5.15 Å². The number of benzene rings is 1. The van der Waals surface area contributed by atoms with Crippen molar-refractivity contribution in [3.05, 3.63) is 41.4 Å². The molecule has 0 spiro atoms. The van der Waals surface area contributed by atoms with Crippen molar-refractivity contribution in [3.8, 4) is 0 Å². The minimum atomic E-state index is -4.00. The molecule has 19 heavy (non-hydrogen) atoms. The van der Waals surface area contributed by atoms with Crippen LogP contribution in [0.4, 0.5) is 16.0 Å². The first-order chi connectivity index (χ1) is 8.88. The molecular formula is C10H8ClFN4O2S. The van der Waals surface area contributed by atoms with Gasteiger partial charge in [-0.15, -0.1) is 0 Å². The fourth-order valence-corrected chi connectivity index (χ4v) is 2.53. The van der Waals surface area contributed by atoms with Crippen LogP contribution in [0.5, 0.6) is 0 Å². The highest BCUT2D eigenvalue weighted by Gasteiger charge is 2.19. The number of sulfonamides is 1. The van der Waals surface area contributed by atoms with Crippen LogP contribution >= 0.6 is 11.6 Å². The number of halogens is 2. The Balaban J connectivity index is 2.38. The van der Waals surface area contributed by atoms with Gasteiger partial charge in [0.2, 0.25) is 5.95 Å². The number of anilines is 2. The summed E-state index contributed by atoms with van der Waals surface area (Å²) in [5, 5.41) is 0.0831. The Morgan fingerprint density at radius 1 is 1.32 bits per heavy atom. The van der Waals surface area contributed by atoms with E-state index in [9.17, 15) is 12.8 Å². The quantitative estimate of drug-likeness (QED) is 0.663. The van der Waals surface area contributed by atoms with Crippen molar-refractivity contribution in [1.29, 1.82) is 0 Å². The Bertz CT molecular complexity index is 723. The SMILES string of the molecule is Nc1cc(F)ccc1S(=O)(=O)Nc1nccc(Cl)n1. The van der Waals surface area contributed by atoms with Crippen LogP contribution < -0.4 is 10.5 Å². The van der Waals surface area contributed by atoms with E-state index in [1.807, 2.05) is 0 Å². The molecule has 0 radical (unpaired) electrons. The summed E-state index contributed by atoms with van der Waals surface area (Å²) in [5.74, 6) is -0.827. The molecule has 9 heteroatoms. The molecule has 1 heterocycles. The third-order valence-corrected chi connectivity index (χ3v) is 3.72. The van der Waals surface area contributed by atoms with Gasteiger partial charge in [-0.1, -0.05) is 11.6 Å². The first-order valence-corrected chi connectivity index (χ1v) is 6.81. The molecule has 0 fully saturated rings. The molecule has 0 aliphatic rings. The number of nitrogen functional groups attached to an aromatic ring is 1. The lowest BCUT2D eigenvalue weighted by molar-refractivity contribution is 0.600. The van der Waals surface area contributed by atoms with E-state index >= 15 is 0 Å². The summed E-state index contributed by atoms with van der Waals surface area (Å²) < 4.78 is 39.0. The monoisotopic (exact) mass is 302 g/mol. The Hall–Kier alpha value is -1.93. The lowest BCUT2D eigenvalue weighted by Crippen LogP contribution is -2.16. The Kier molecular flexibility index (Phi) is 3.54. The molecule has 0 saturated carbocycles. The predicted octanol–water partition coefficient (Wildman–Crippen LogP) is 1.65. The van der Waals surface area contributed by atoms with Gasteiger partial charge in [0.25, 0.3) is 10.0 Å². The van der Waals surface area contributed by atoms with Crippen LogP contribution in [0.1, 0.15) is 0 Å². The Labute approximate surface area is 113 Å². The fraction of sp³-hybridized carbons (Fsp3) is 0. The summed E-state index contributed by atoms with van der Waals surface area (Å²) >= 11 is 5.61. The highest BCUT2D eigenvalue weighted by molar-refractivity contribution is 7.92. The first-order valence-electron chi connectivity index (χ1n) is 4.95. The third kappa shape index (κ3) is 3.09. The minimum absolute atomic E-state index is 0.0831. The van der Waals surface area contributed by atoms with Crippen LogP contribution in [-0.2, 0) is 10.0 Å². The zero-order chi connectivity index (χ0) is 14.0. The van der Waals surface area contributed by atoms with Gasteiger partial charge < -0.3 is 5.73 Å². The zero-order valence-corrected chi connectivity index (χ0v) is 10.9. The Morgan fingerprint density at radius 3 is 2.68 bits per heavy atom. The summed E-state index contributed by atoms with van der Waals surface area (Å²) in [6.45, 7) is 0. The molecule has 1 aromatic heterocycles. The molecule has 0 bridgehead atoms. The molecule has 100 valence electrons. The molecule has 2 aromatic rings. The standard InChI is InChI=1S/C10H8ClFN4O2S/c11-9-3-4-14-10(15-9)16-19(17,18)8-2-1-6(12)5-7(8)13/h1-5H,13H2,(H,14,15,16). The minimum Gasteiger partial charge on any atom is -0.398 e. The highest BCUT2D eigenvalue weighted by Crippen LogP contribution is 2.21. The summed E-state index contributed by atoms with van der Waals surface area (Å²) in [5.41, 5.74) is 5.25. The van der Waals surface area contributed by atoms with Crippen LogP contribution in [0, 0.1) is 5.82 Å². The van der Waals surface area contributed by atoms with E-state index in [0.717, 1.165) is 18.2 Å². The van der Waals surface area contributed by atoms with Gasteiger partial charge in [0.1, 0.15) is 15.9 Å². The van der Waals surface area contributed by atoms with Crippen molar-refractivity contribution in [2.24, 2.45) is 0 Å². The lowest BCUT2D eigenvalue weighted by atomic mass is 10.3. The second-order valence-corrected chi connectivity index (χ2v) is 5.53. The number of aromatic nitrogens is 2. The van der Waals surface area contributed by atoms with Crippen molar-refractivity contribution in [2.75, 3.05) is 10.5 Å². The third-order valence-electron chi connectivity index (χ3n) is 2.11. The van der Waals surface area contributed by atoms with E-state index in [0.29, 0.717) is 0 Å². The smallest absolute Gasteiger partial charge is 0.266 e. The van der Waals surface area contributed by atoms with Gasteiger partial charge in [-0.25, -0.2) is 27.5 Å². The molecule has 0 atom stereocenters. The second-order valence-electron chi connectivity index (χ2n) is 3.49. The lowest BCUT2D eigenvalue weighted by Gasteiger charge is -2.08. The molecule has 6 nitrogen and oxygen atoms in total. The van der Waals surface area contributed by atoms with Crippen LogP contribution in [0.25, 0.3) is 0 Å². The van der Waals surface area contributed by atoms with E-state index < -0.39 is 15.8 Å². The average Bonchev–Trinajstić information content (AvgIpc) is 2.27. The maximum Gasteiger partial charge on any atom is 0.266 e. The number of rotatable bonds is 3. The van der Waals surface area contributed by atoms with Crippen molar-refractivity contribution >= 4 is 33.3 Å². The van der Waals surface area contributed by atoms with Gasteiger partial charge >= 0.3 is 0 Å². The summed E-state index contributed by atoms with van der Waals surface area (Å²) in [7, 11) is -4.00. The second kappa shape index (κ2) is 4.98. The predicted molar refractivity (Wildman–Crippen MR) is 68.7 cm³/mol. The van der Waals surface area contributed by atoms with Crippen molar-refractivity contribution in [1.82, 2.24) is 9.97 Å². The largest absolute Gasteiger partial charge is 0.398 e. The van der Waals surface area contributed by atoms with E-state index in [4.69, 9.17) is 17.3 Å². The van der Waals surface area contributed by atoms with Crippen molar-refractivity contribution in [2.45, 2.75) is 4.90 Å². The molecule has 3 N–H and O–H groups in total. The molecule has 0 aliphatic carbocycles. The molecule has 1 aromatic carbocycles. The number of hydrogen-bond acceptors (Lipinski definition) is 5. The molecule has 0 unspecified atom stereocenters. The maximum atomic E-state index is 12.9. The number of nitrogens with two attached hydrogens (primary N) is 1. The van der Waals surface area contributed by atoms with E-state index in [1.54, 1.807) is 0 Å².